The van der Waals surface area contributed by atoms with Crippen molar-refractivity contribution in [2.24, 2.45) is 0 Å². The maximum absolute atomic E-state index is 13.2. The lowest BCUT2D eigenvalue weighted by atomic mass is 10.2. The lowest BCUT2D eigenvalue weighted by Gasteiger charge is -2.14. The van der Waals surface area contributed by atoms with Crippen LogP contribution < -0.4 is 20.3 Å². The zero-order valence-electron chi connectivity index (χ0n) is 17.9. The van der Waals surface area contributed by atoms with Gasteiger partial charge in [-0.3, -0.25) is 18.9 Å². The molecule has 0 unspecified atom stereocenters. The van der Waals surface area contributed by atoms with Crippen LogP contribution in [0.2, 0.25) is 0 Å². The summed E-state index contributed by atoms with van der Waals surface area (Å²) >= 11 is 6.61. The molecule has 0 bridgehead atoms. The number of aliphatic hydroxyl groups is 1. The van der Waals surface area contributed by atoms with Gasteiger partial charge in [0.2, 0.25) is 6.79 Å². The maximum Gasteiger partial charge on any atom is 0.267 e. The molecule has 174 valence electrons. The summed E-state index contributed by atoms with van der Waals surface area (Å²) in [5.74, 6) is 1.36. The molecule has 3 aromatic rings. The number of nitrogens with one attached hydrogen (secondary N) is 1. The molecule has 9 nitrogen and oxygen atoms in total. The first-order chi connectivity index (χ1) is 16.5. The highest BCUT2D eigenvalue weighted by atomic mass is 32.2. The third kappa shape index (κ3) is 4.25. The number of hydrogen-bond donors (Lipinski definition) is 2. The predicted molar refractivity (Wildman–Crippen MR) is 133 cm³/mol. The van der Waals surface area contributed by atoms with Crippen molar-refractivity contribution in [3.8, 4) is 11.5 Å². The lowest BCUT2D eigenvalue weighted by molar-refractivity contribution is -0.122. The number of carbonyl (C=O) groups excluding carboxylic acids is 1. The number of anilines is 1. The number of rotatable bonds is 7. The molecule has 4 heterocycles. The SMILES string of the molecule is O=C1/C(=C\c2c(NCCCO)nc3ccccn3c2=O)SC(=S)N1Cc1ccc2c(c1)OCO2. The second-order valence-electron chi connectivity index (χ2n) is 7.57. The number of nitrogens with zero attached hydrogens (tertiary/aromatic N) is 3. The number of thiocarbonyl (C=S) groups is 1. The number of thioether (sulfide) groups is 1. The molecule has 0 spiro atoms. The molecule has 11 heteroatoms. The molecule has 2 N–H and O–H groups in total. The van der Waals surface area contributed by atoms with Crippen molar-refractivity contribution in [1.29, 1.82) is 0 Å². The van der Waals surface area contributed by atoms with Gasteiger partial charge in [0, 0.05) is 19.3 Å². The average Bonchev–Trinajstić information content (AvgIpc) is 3.41. The molecule has 0 radical (unpaired) electrons. The van der Waals surface area contributed by atoms with Crippen LogP contribution in [0.25, 0.3) is 11.7 Å². The summed E-state index contributed by atoms with van der Waals surface area (Å²) in [5.41, 5.74) is 1.27. The molecular weight excluding hydrogens is 476 g/mol. The van der Waals surface area contributed by atoms with Gasteiger partial charge in [0.15, 0.2) is 11.5 Å². The fourth-order valence-corrected chi connectivity index (χ4v) is 4.88. The van der Waals surface area contributed by atoms with Gasteiger partial charge in [0.05, 0.1) is 17.0 Å². The van der Waals surface area contributed by atoms with E-state index >= 15 is 0 Å². The molecule has 5 rings (SSSR count). The van der Waals surface area contributed by atoms with E-state index in [0.29, 0.717) is 45.2 Å². The molecule has 2 aliphatic heterocycles. The molecule has 2 aromatic heterocycles. The summed E-state index contributed by atoms with van der Waals surface area (Å²) in [6.07, 6.45) is 3.66. The van der Waals surface area contributed by atoms with Gasteiger partial charge in [-0.05, 0) is 42.3 Å². The predicted octanol–water partition coefficient (Wildman–Crippen LogP) is 2.62. The molecule has 0 atom stereocenters. The summed E-state index contributed by atoms with van der Waals surface area (Å²) in [5, 5.41) is 12.2. The van der Waals surface area contributed by atoms with Gasteiger partial charge in [-0.25, -0.2) is 4.98 Å². The van der Waals surface area contributed by atoms with E-state index in [9.17, 15) is 9.59 Å². The van der Waals surface area contributed by atoms with Gasteiger partial charge in [-0.15, -0.1) is 0 Å². The van der Waals surface area contributed by atoms with E-state index in [-0.39, 0.29) is 37.0 Å². The number of fused-ring (bicyclic) bond motifs is 2. The first-order valence-corrected chi connectivity index (χ1v) is 11.8. The number of benzene rings is 1. The fourth-order valence-electron chi connectivity index (χ4n) is 3.64. The highest BCUT2D eigenvalue weighted by Gasteiger charge is 2.33. The van der Waals surface area contributed by atoms with Crippen LogP contribution >= 0.6 is 24.0 Å². The Morgan fingerprint density at radius 1 is 1.21 bits per heavy atom. The largest absolute Gasteiger partial charge is 0.454 e. The number of carbonyl (C=O) groups is 1. The minimum atomic E-state index is -0.307. The monoisotopic (exact) mass is 496 g/mol. The molecule has 0 saturated carbocycles. The quantitative estimate of drug-likeness (QED) is 0.290. The molecule has 1 fully saturated rings. The number of amides is 1. The number of ether oxygens (including phenoxy) is 2. The van der Waals surface area contributed by atoms with Crippen LogP contribution in [0.5, 0.6) is 11.5 Å². The second-order valence-corrected chi connectivity index (χ2v) is 9.24. The van der Waals surface area contributed by atoms with Gasteiger partial charge >= 0.3 is 0 Å². The van der Waals surface area contributed by atoms with E-state index in [1.165, 1.54) is 15.4 Å². The third-order valence-corrected chi connectivity index (χ3v) is 6.70. The zero-order chi connectivity index (χ0) is 23.7. The molecule has 1 amide bonds. The van der Waals surface area contributed by atoms with E-state index in [2.05, 4.69) is 10.3 Å². The molecule has 2 aliphatic rings. The van der Waals surface area contributed by atoms with E-state index in [1.54, 1.807) is 30.5 Å². The van der Waals surface area contributed by atoms with Crippen molar-refractivity contribution in [2.75, 3.05) is 25.3 Å². The molecular formula is C23H20N4O5S2. The van der Waals surface area contributed by atoms with Gasteiger partial charge in [0.25, 0.3) is 11.5 Å². The van der Waals surface area contributed by atoms with Crippen molar-refractivity contribution >= 4 is 51.7 Å². The van der Waals surface area contributed by atoms with Gasteiger partial charge < -0.3 is 19.9 Å². The van der Waals surface area contributed by atoms with Crippen molar-refractivity contribution in [1.82, 2.24) is 14.3 Å². The summed E-state index contributed by atoms with van der Waals surface area (Å²) in [7, 11) is 0. The molecule has 1 saturated heterocycles. The van der Waals surface area contributed by atoms with E-state index < -0.39 is 0 Å². The molecule has 34 heavy (non-hydrogen) atoms. The Hall–Kier alpha value is -3.41. The third-order valence-electron chi connectivity index (χ3n) is 5.32. The van der Waals surface area contributed by atoms with E-state index in [1.807, 2.05) is 12.1 Å². The van der Waals surface area contributed by atoms with Crippen molar-refractivity contribution < 1.29 is 19.4 Å². The summed E-state index contributed by atoms with van der Waals surface area (Å²) in [4.78, 5) is 32.8. The van der Waals surface area contributed by atoms with Gasteiger partial charge in [0.1, 0.15) is 15.8 Å². The Labute approximate surface area is 204 Å². The Kier molecular flexibility index (Phi) is 6.22. The van der Waals surface area contributed by atoms with Crippen LogP contribution in [0.4, 0.5) is 5.82 Å². The van der Waals surface area contributed by atoms with Gasteiger partial charge in [-0.2, -0.15) is 0 Å². The normalized spacial score (nSPS) is 16.1. The Balaban J connectivity index is 1.47. The molecule has 1 aromatic carbocycles. The van der Waals surface area contributed by atoms with Crippen LogP contribution in [0.15, 0.2) is 52.3 Å². The first-order valence-electron chi connectivity index (χ1n) is 10.5. The van der Waals surface area contributed by atoms with Crippen molar-refractivity contribution in [3.05, 3.63) is 69.0 Å². The number of aromatic nitrogens is 2. The topological polar surface area (TPSA) is 105 Å². The first kappa shape index (κ1) is 22.4. The van der Waals surface area contributed by atoms with E-state index in [4.69, 9.17) is 26.8 Å². The zero-order valence-corrected chi connectivity index (χ0v) is 19.5. The van der Waals surface area contributed by atoms with Crippen LogP contribution in [0.1, 0.15) is 17.5 Å². The average molecular weight is 497 g/mol. The Bertz CT molecular complexity index is 1390. The Morgan fingerprint density at radius 3 is 2.91 bits per heavy atom. The van der Waals surface area contributed by atoms with Crippen LogP contribution in [-0.4, -0.2) is 49.6 Å². The highest BCUT2D eigenvalue weighted by molar-refractivity contribution is 8.26. The van der Waals surface area contributed by atoms with Crippen molar-refractivity contribution in [2.45, 2.75) is 13.0 Å². The lowest BCUT2D eigenvalue weighted by Crippen LogP contribution is -2.27. The smallest absolute Gasteiger partial charge is 0.267 e. The molecule has 0 aliphatic carbocycles. The fraction of sp³-hybridized carbons (Fsp3) is 0.217. The van der Waals surface area contributed by atoms with Crippen LogP contribution in [-0.2, 0) is 11.3 Å². The van der Waals surface area contributed by atoms with Crippen LogP contribution in [0.3, 0.4) is 0 Å². The highest BCUT2D eigenvalue weighted by Crippen LogP contribution is 2.36. The van der Waals surface area contributed by atoms with Crippen molar-refractivity contribution in [3.63, 3.8) is 0 Å². The van der Waals surface area contributed by atoms with E-state index in [0.717, 1.165) is 17.3 Å². The minimum absolute atomic E-state index is 0.00735. The minimum Gasteiger partial charge on any atom is -0.454 e. The Morgan fingerprint density at radius 2 is 2.06 bits per heavy atom. The number of aliphatic hydroxyl groups excluding tert-OH is 1. The maximum atomic E-state index is 13.2. The van der Waals surface area contributed by atoms with Crippen LogP contribution in [0, 0.1) is 0 Å². The second kappa shape index (κ2) is 9.45. The number of pyridine rings is 1. The number of hydrogen-bond acceptors (Lipinski definition) is 9. The van der Waals surface area contributed by atoms with Gasteiger partial charge in [-0.1, -0.05) is 36.1 Å². The summed E-state index contributed by atoms with van der Waals surface area (Å²) in [6.45, 7) is 0.882. The standard InChI is InChI=1S/C23H20N4O5S2/c28-9-3-7-24-20-15(21(29)26-8-2-1-4-19(26)25-20)11-18-22(30)27(23(33)34-18)12-14-5-6-16-17(10-14)32-13-31-16/h1-2,4-6,8,10-11,24,28H,3,7,9,12-13H2/b18-11+. The summed E-state index contributed by atoms with van der Waals surface area (Å²) < 4.78 is 12.6. The summed E-state index contributed by atoms with van der Waals surface area (Å²) in [6, 6.07) is 10.8.